The molecule has 0 fully saturated rings. The van der Waals surface area contributed by atoms with Gasteiger partial charge in [-0.15, -0.1) is 0 Å². The van der Waals surface area contributed by atoms with E-state index in [1.807, 2.05) is 5.70 Å². The highest BCUT2D eigenvalue weighted by molar-refractivity contribution is 6.35. The van der Waals surface area contributed by atoms with Gasteiger partial charge in [0, 0.05) is 7.11 Å². The molecule has 0 aromatic carbocycles. The van der Waals surface area contributed by atoms with E-state index >= 15 is 0 Å². The fourth-order valence-electron chi connectivity index (χ4n) is 0.263. The summed E-state index contributed by atoms with van der Waals surface area (Å²) in [5.41, 5.74) is 2.64. The molecule has 0 rings (SSSR count). The average molecular weight is 130 g/mol. The summed E-state index contributed by atoms with van der Waals surface area (Å²) < 4.78 is 4.82. The van der Waals surface area contributed by atoms with Gasteiger partial charge in [0.1, 0.15) is 6.29 Å². The first-order valence-corrected chi connectivity index (χ1v) is 3.81. The third-order valence-electron chi connectivity index (χ3n) is 0.758. The monoisotopic (exact) mass is 130 g/mol. The van der Waals surface area contributed by atoms with E-state index in [0.717, 1.165) is 11.9 Å². The van der Waals surface area contributed by atoms with Crippen molar-refractivity contribution in [1.82, 2.24) is 0 Å². The summed E-state index contributed by atoms with van der Waals surface area (Å²) in [6, 6.07) is 0. The summed E-state index contributed by atoms with van der Waals surface area (Å²) in [5, 5.41) is 0. The Morgan fingerprint density at radius 3 is 2.75 bits per heavy atom. The van der Waals surface area contributed by atoms with Crippen LogP contribution in [0.15, 0.2) is 11.3 Å². The Kier molecular flexibility index (Phi) is 4.49. The van der Waals surface area contributed by atoms with Crippen LogP contribution < -0.4 is 0 Å². The van der Waals surface area contributed by atoms with Gasteiger partial charge in [0.05, 0.1) is 0 Å². The summed E-state index contributed by atoms with van der Waals surface area (Å²) in [4.78, 5) is 9.91. The molecule has 0 heterocycles. The van der Waals surface area contributed by atoms with Crippen LogP contribution in [0.5, 0.6) is 0 Å². The highest BCUT2D eigenvalue weighted by atomic mass is 28.2. The predicted octanol–water partition coefficient (Wildman–Crippen LogP) is -0.181. The maximum absolute atomic E-state index is 9.91. The van der Waals surface area contributed by atoms with Crippen LogP contribution in [0.4, 0.5) is 0 Å². The summed E-state index contributed by atoms with van der Waals surface area (Å²) >= 11 is 0. The maximum atomic E-state index is 9.91. The van der Waals surface area contributed by atoms with Crippen LogP contribution in [0, 0.1) is 0 Å². The smallest absolute Gasteiger partial charge is 0.184 e. The van der Waals surface area contributed by atoms with Crippen molar-refractivity contribution < 1.29 is 9.22 Å². The van der Waals surface area contributed by atoms with Crippen LogP contribution in [0.1, 0.15) is 6.92 Å². The van der Waals surface area contributed by atoms with Crippen molar-refractivity contribution >= 4 is 16.0 Å². The molecule has 0 spiro atoms. The second kappa shape index (κ2) is 4.74. The molecule has 0 aliphatic heterocycles. The van der Waals surface area contributed by atoms with Gasteiger partial charge in [0.25, 0.3) is 0 Å². The molecule has 46 valence electrons. The van der Waals surface area contributed by atoms with Gasteiger partial charge < -0.3 is 4.43 Å². The van der Waals surface area contributed by atoms with E-state index in [1.54, 1.807) is 14.0 Å². The number of hydrogen-bond donors (Lipinski definition) is 0. The molecule has 0 atom stereocenters. The van der Waals surface area contributed by atoms with Crippen LogP contribution in [0.2, 0.25) is 0 Å². The van der Waals surface area contributed by atoms with Crippen molar-refractivity contribution in [1.29, 1.82) is 0 Å². The summed E-state index contributed by atoms with van der Waals surface area (Å²) in [6.45, 7) is 1.78. The predicted molar refractivity (Wildman–Crippen MR) is 35.4 cm³/mol. The molecule has 0 amide bonds. The number of allylic oxidation sites excluding steroid dienone is 1. The van der Waals surface area contributed by atoms with E-state index < -0.39 is 9.76 Å². The number of aldehydes is 1. The molecule has 0 radical (unpaired) electrons. The van der Waals surface area contributed by atoms with Gasteiger partial charge in [-0.2, -0.15) is 0 Å². The van der Waals surface area contributed by atoms with E-state index in [0.29, 0.717) is 0 Å². The number of carbonyl (C=O) groups is 1. The zero-order valence-corrected chi connectivity index (χ0v) is 6.59. The van der Waals surface area contributed by atoms with Crippen molar-refractivity contribution in [3.05, 3.63) is 11.3 Å². The fourth-order valence-corrected chi connectivity index (χ4v) is 0.789. The highest BCUT2D eigenvalue weighted by Crippen LogP contribution is 1.82. The van der Waals surface area contributed by atoms with E-state index in [1.165, 1.54) is 0 Å². The highest BCUT2D eigenvalue weighted by Gasteiger charge is 1.80. The first kappa shape index (κ1) is 7.59. The zero-order valence-electron chi connectivity index (χ0n) is 5.18. The van der Waals surface area contributed by atoms with E-state index in [-0.39, 0.29) is 0 Å². The minimum absolute atomic E-state index is 0.530. The van der Waals surface area contributed by atoms with Crippen molar-refractivity contribution in [3.63, 3.8) is 0 Å². The lowest BCUT2D eigenvalue weighted by molar-refractivity contribution is -0.104. The molecule has 0 bridgehead atoms. The van der Waals surface area contributed by atoms with Crippen molar-refractivity contribution in [3.8, 4) is 0 Å². The Morgan fingerprint density at radius 1 is 1.75 bits per heavy atom. The normalized spacial score (nSPS) is 13.0. The first-order valence-electron chi connectivity index (χ1n) is 2.42. The van der Waals surface area contributed by atoms with Gasteiger partial charge in [0.2, 0.25) is 0 Å². The van der Waals surface area contributed by atoms with Crippen LogP contribution >= 0.6 is 0 Å². The van der Waals surface area contributed by atoms with Gasteiger partial charge >= 0.3 is 0 Å². The van der Waals surface area contributed by atoms with Gasteiger partial charge in [-0.25, -0.2) is 0 Å². The number of hydrogen-bond acceptors (Lipinski definition) is 2. The van der Waals surface area contributed by atoms with Crippen LogP contribution in [-0.2, 0) is 9.22 Å². The lowest BCUT2D eigenvalue weighted by atomic mass is 10.4. The van der Waals surface area contributed by atoms with Crippen molar-refractivity contribution in [2.24, 2.45) is 0 Å². The molecular weight excluding hydrogens is 120 g/mol. The molecule has 2 nitrogen and oxygen atoms in total. The van der Waals surface area contributed by atoms with Gasteiger partial charge in [-0.3, -0.25) is 4.79 Å². The van der Waals surface area contributed by atoms with Crippen LogP contribution in [0.3, 0.4) is 0 Å². The number of carbonyl (C=O) groups excluding carboxylic acids is 1. The molecule has 0 saturated heterocycles. The van der Waals surface area contributed by atoms with Crippen LogP contribution in [-0.4, -0.2) is 23.2 Å². The lowest BCUT2D eigenvalue weighted by Gasteiger charge is -1.86. The third kappa shape index (κ3) is 3.77. The van der Waals surface area contributed by atoms with E-state index in [2.05, 4.69) is 0 Å². The van der Waals surface area contributed by atoms with E-state index in [4.69, 9.17) is 4.43 Å². The Morgan fingerprint density at radius 2 is 2.38 bits per heavy atom. The van der Waals surface area contributed by atoms with Crippen molar-refractivity contribution in [2.75, 3.05) is 7.11 Å². The Balaban J connectivity index is 3.40. The maximum Gasteiger partial charge on any atom is 0.184 e. The molecule has 0 saturated carbocycles. The van der Waals surface area contributed by atoms with Crippen molar-refractivity contribution in [2.45, 2.75) is 6.92 Å². The zero-order chi connectivity index (χ0) is 6.41. The Hall–Kier alpha value is -0.413. The topological polar surface area (TPSA) is 26.3 Å². The second-order valence-corrected chi connectivity index (χ2v) is 2.84. The molecule has 0 aliphatic carbocycles. The quantitative estimate of drug-likeness (QED) is 0.301. The Bertz CT molecular complexity index is 98.6. The third-order valence-corrected chi connectivity index (χ3v) is 1.90. The van der Waals surface area contributed by atoms with Crippen LogP contribution in [0.25, 0.3) is 0 Å². The minimum atomic E-state index is -0.530. The summed E-state index contributed by atoms with van der Waals surface area (Å²) in [6.07, 6.45) is 0.839. The fraction of sp³-hybridized carbons (Fsp3) is 0.400. The van der Waals surface area contributed by atoms with E-state index in [9.17, 15) is 4.79 Å². The minimum Gasteiger partial charge on any atom is -0.422 e. The van der Waals surface area contributed by atoms with Gasteiger partial charge in [0.15, 0.2) is 9.76 Å². The SMILES string of the molecule is CO[SiH2]C=C(C)C=O. The molecular formula is C5H10O2Si. The van der Waals surface area contributed by atoms with Gasteiger partial charge in [-0.05, 0) is 12.5 Å². The molecule has 3 heteroatoms. The summed E-state index contributed by atoms with van der Waals surface area (Å²) in [7, 11) is 1.12. The molecule has 0 aromatic heterocycles. The molecule has 8 heavy (non-hydrogen) atoms. The second-order valence-electron chi connectivity index (χ2n) is 1.52. The largest absolute Gasteiger partial charge is 0.422 e. The standard InChI is InChI=1S/C5H10O2Si/c1-5(3-6)4-8-7-2/h3-4H,8H2,1-2H3. The Labute approximate surface area is 51.5 Å². The molecule has 0 N–H and O–H groups in total. The molecule has 0 unspecified atom stereocenters. The summed E-state index contributed by atoms with van der Waals surface area (Å²) in [5.74, 6) is 0. The first-order chi connectivity index (χ1) is 3.81. The average Bonchev–Trinajstić information content (AvgIpc) is 1.83. The number of rotatable bonds is 3. The molecule has 0 aromatic rings. The molecule has 0 aliphatic rings. The van der Waals surface area contributed by atoms with Gasteiger partial charge in [-0.1, -0.05) is 5.70 Å². The lowest BCUT2D eigenvalue weighted by Crippen LogP contribution is -1.89.